The maximum Gasteiger partial charge on any atom is 0.522 e. The number of halogens is 6. The van der Waals surface area contributed by atoms with E-state index in [4.69, 9.17) is 34.2 Å². The lowest BCUT2D eigenvalue weighted by Gasteiger charge is -2.29. The predicted molar refractivity (Wildman–Crippen MR) is 442 cm³/mol. The fourth-order valence-electron chi connectivity index (χ4n) is 19.0. The number of nitrogens with one attached hydrogen (secondary N) is 8. The van der Waals surface area contributed by atoms with E-state index in [2.05, 4.69) is 80.1 Å². The van der Waals surface area contributed by atoms with Crippen LogP contribution in [0.25, 0.3) is 0 Å². The number of ether oxygens (including phenoxy) is 8. The van der Waals surface area contributed by atoms with Gasteiger partial charge in [0.25, 0.3) is 45.9 Å². The van der Waals surface area contributed by atoms with Crippen LogP contribution in [0.2, 0.25) is 0 Å². The van der Waals surface area contributed by atoms with Gasteiger partial charge in [-0.05, 0) is 243 Å². The smallest absolute Gasteiger partial charge is 0.474 e. The Morgan fingerprint density at radius 2 is 0.711 bits per heavy atom. The van der Waals surface area contributed by atoms with Crippen LogP contribution in [0.1, 0.15) is 140 Å². The van der Waals surface area contributed by atoms with E-state index in [-0.39, 0.29) is 77.2 Å². The number of urea groups is 4. The molecular formula is C81H93F6N17O20S4. The van der Waals surface area contributed by atoms with E-state index >= 15 is 0 Å². The molecular weight excluding hydrogens is 1770 g/mol. The zero-order valence-corrected chi connectivity index (χ0v) is 72.5. The fraction of sp³-hybridized carbons (Fsp3) is 0.506. The molecule has 8 amide bonds. The van der Waals surface area contributed by atoms with Crippen molar-refractivity contribution in [3.05, 3.63) is 138 Å². The highest BCUT2D eigenvalue weighted by Gasteiger charge is 2.44. The third kappa shape index (κ3) is 18.7. The van der Waals surface area contributed by atoms with Gasteiger partial charge in [0.1, 0.15) is 44.7 Å². The third-order valence-electron chi connectivity index (χ3n) is 24.5. The van der Waals surface area contributed by atoms with Crippen LogP contribution in [0, 0.1) is 0 Å². The molecule has 10 N–H and O–H groups in total. The molecule has 0 spiro atoms. The Hall–Kier alpha value is -10.8. The van der Waals surface area contributed by atoms with Crippen molar-refractivity contribution >= 4 is 87.0 Å². The van der Waals surface area contributed by atoms with Crippen LogP contribution in [0.4, 0.5) is 68.3 Å². The lowest BCUT2D eigenvalue weighted by Crippen LogP contribution is -2.42. The van der Waals surface area contributed by atoms with Crippen molar-refractivity contribution in [2.75, 3.05) is 68.0 Å². The highest BCUT2D eigenvalue weighted by molar-refractivity contribution is 7.91. The number of hydrogen-bond acceptors (Lipinski definition) is 25. The molecule has 0 radical (unpaired) electrons. The molecule has 8 aliphatic carbocycles. The number of nitrogens with two attached hydrogens (primary N) is 1. The Labute approximate surface area is 730 Å². The van der Waals surface area contributed by atoms with Crippen molar-refractivity contribution in [3.8, 4) is 23.5 Å². The lowest BCUT2D eigenvalue weighted by molar-refractivity contribution is -0.348. The van der Waals surface area contributed by atoms with Crippen LogP contribution in [0.15, 0.2) is 68.6 Å². The van der Waals surface area contributed by atoms with Gasteiger partial charge in [-0.2, -0.15) is 29.2 Å². The van der Waals surface area contributed by atoms with Crippen LogP contribution in [-0.2, 0) is 188 Å². The minimum Gasteiger partial charge on any atom is -0.474 e. The van der Waals surface area contributed by atoms with Crippen LogP contribution in [0.5, 0.6) is 23.5 Å². The molecule has 128 heavy (non-hydrogen) atoms. The molecule has 0 fully saturated rings. The second-order valence-corrected chi connectivity index (χ2v) is 39.5. The molecule has 4 aromatic heterocycles. The number of sulfonamides is 4. The maximum absolute atomic E-state index is 14.3. The molecule has 12 aliphatic rings. The van der Waals surface area contributed by atoms with Crippen molar-refractivity contribution in [2.24, 2.45) is 5.73 Å². The summed E-state index contributed by atoms with van der Waals surface area (Å²) in [4.78, 5) is 49.5. The quantitative estimate of drug-likeness (QED) is 0.0344. The minimum atomic E-state index is -4.86. The first-order valence-corrected chi connectivity index (χ1v) is 48.1. The number of fused-ring (bicyclic) bond motifs is 12. The van der Waals surface area contributed by atoms with Gasteiger partial charge in [0, 0.05) is 36.4 Å². The number of amides is 8. The Kier molecular flexibility index (Phi) is 25.0. The van der Waals surface area contributed by atoms with Crippen LogP contribution >= 0.6 is 0 Å². The molecule has 8 heterocycles. The molecule has 688 valence electrons. The third-order valence-corrected chi connectivity index (χ3v) is 29.8. The van der Waals surface area contributed by atoms with E-state index in [9.17, 15) is 79.2 Å². The zero-order valence-electron chi connectivity index (χ0n) is 69.2. The maximum atomic E-state index is 14.3. The van der Waals surface area contributed by atoms with E-state index < -0.39 is 113 Å². The number of hydrogen-bond donors (Lipinski definition) is 9. The molecule has 0 bridgehead atoms. The largest absolute Gasteiger partial charge is 0.522 e. The monoisotopic (exact) mass is 1870 g/mol. The number of aryl methyl sites for hydroxylation is 8. The van der Waals surface area contributed by atoms with Crippen LogP contribution in [0.3, 0.4) is 0 Å². The molecule has 4 atom stereocenters. The van der Waals surface area contributed by atoms with Gasteiger partial charge in [-0.3, -0.25) is 4.74 Å². The summed E-state index contributed by atoms with van der Waals surface area (Å²) >= 11 is 0. The van der Waals surface area contributed by atoms with Crippen molar-refractivity contribution < 1.29 is 117 Å². The lowest BCUT2D eigenvalue weighted by atomic mass is 9.99. The molecule has 47 heteroatoms. The van der Waals surface area contributed by atoms with Crippen LogP contribution in [-0.4, -0.2) is 181 Å². The van der Waals surface area contributed by atoms with E-state index in [1.165, 1.54) is 62.5 Å². The van der Waals surface area contributed by atoms with Gasteiger partial charge in [0.05, 0.1) is 51.0 Å². The second kappa shape index (κ2) is 35.9. The first-order valence-electron chi connectivity index (χ1n) is 42.2. The Bertz CT molecular complexity index is 6100. The number of carbonyl (C=O) groups excluding carboxylic acids is 4. The summed E-state index contributed by atoms with van der Waals surface area (Å²) < 4.78 is 232. The number of aromatic nitrogens is 8. The Morgan fingerprint density at radius 1 is 0.438 bits per heavy atom. The van der Waals surface area contributed by atoms with Gasteiger partial charge in [0.2, 0.25) is 23.5 Å². The Morgan fingerprint density at radius 3 is 1.00 bits per heavy atom. The molecule has 37 nitrogen and oxygen atoms in total. The number of methoxy groups -OCH3 is 1. The number of benzene rings is 4. The zero-order chi connectivity index (χ0) is 89.9. The first kappa shape index (κ1) is 89.2. The van der Waals surface area contributed by atoms with Gasteiger partial charge in [-0.25, -0.2) is 94.9 Å². The van der Waals surface area contributed by atoms with Gasteiger partial charge >= 0.3 is 37.1 Å². The van der Waals surface area contributed by atoms with E-state index in [1.807, 2.05) is 14.2 Å². The van der Waals surface area contributed by atoms with E-state index in [1.54, 1.807) is 0 Å². The number of nitrogens with zero attached hydrogens (tertiary/aromatic N) is 8. The summed E-state index contributed by atoms with van der Waals surface area (Å²) in [6, 6.07) is 5.48. The summed E-state index contributed by atoms with van der Waals surface area (Å²) in [7, 11) is -16.0. The second-order valence-electron chi connectivity index (χ2n) is 32.9. The van der Waals surface area contributed by atoms with Crippen molar-refractivity contribution in [2.45, 2.75) is 237 Å². The normalized spacial score (nSPS) is 19.9. The molecule has 20 rings (SSSR count). The van der Waals surface area contributed by atoms with Gasteiger partial charge in [-0.1, -0.05) is 24.3 Å². The van der Waals surface area contributed by atoms with Gasteiger partial charge < -0.3 is 60.2 Å². The minimum absolute atomic E-state index is 0.0936. The highest BCUT2D eigenvalue weighted by atomic mass is 32.2. The number of rotatable bonds is 19. The predicted octanol–water partition coefficient (Wildman–Crippen LogP) is 8.22. The van der Waals surface area contributed by atoms with E-state index in [0.29, 0.717) is 25.4 Å². The average Bonchev–Trinajstić information content (AvgIpc) is 1.56. The summed E-state index contributed by atoms with van der Waals surface area (Å²) in [5.74, 6) is -2.51. The van der Waals surface area contributed by atoms with E-state index in [0.717, 1.165) is 248 Å². The molecule has 4 aliphatic heterocycles. The Balaban J connectivity index is 0.000000120. The molecule has 0 saturated heterocycles. The fourth-order valence-corrected chi connectivity index (χ4v) is 23.0. The molecule has 8 aromatic rings. The highest BCUT2D eigenvalue weighted by Crippen LogP contribution is 2.45. The molecule has 4 unspecified atom stereocenters. The van der Waals surface area contributed by atoms with Gasteiger partial charge in [0.15, 0.2) is 26.2 Å². The van der Waals surface area contributed by atoms with Crippen molar-refractivity contribution in [3.63, 3.8) is 0 Å². The van der Waals surface area contributed by atoms with Crippen molar-refractivity contribution in [1.82, 2.24) is 58.0 Å². The SMILES string of the molecule is COC1(F)COc2c(S(=O)(=O)NC(=O)Nc3c4c(cc5c3CCC5)CCC4)cnn2C1.NCCOC1COc2c(S(=O)(=O)NC(=O)Nc3c4c(cc5c3CCC5)CCC4)cnn2C1.O=C(Nc1c2c(cc3c1CCC3)CCC2)NS(=O)(=O)c1cnn2c1OCC(OC(F)(F)F)C2.O=C(Nc1c2c(cc3c1CCC3)CCC2)NS(=O)(=O)c1cnn2c1OCC(OC(F)F)C2. The summed E-state index contributed by atoms with van der Waals surface area (Å²) in [5, 5.41) is 26.8. The van der Waals surface area contributed by atoms with Gasteiger partial charge in [-0.15, -0.1) is 13.2 Å². The van der Waals surface area contributed by atoms with Crippen LogP contribution < -0.4 is 64.8 Å². The summed E-state index contributed by atoms with van der Waals surface area (Å²) in [6.45, 7) is -3.69. The first-order chi connectivity index (χ1) is 61.2. The summed E-state index contributed by atoms with van der Waals surface area (Å²) in [6.07, 6.45) is 19.3. The number of anilines is 4. The number of carbonyl (C=O) groups is 4. The van der Waals surface area contributed by atoms with Crippen molar-refractivity contribution in [1.29, 1.82) is 0 Å². The molecule has 0 saturated carbocycles. The number of alkyl halides is 6. The standard InChI is InChI=1S/C21H27N5O5S.C20H21F3N4O5S.C20H22F2N4O5S.C20H23FN4O5S/c22-7-8-30-15-11-26-20(31-12-15)18(10-23-26)32(28,29)25-21(27)24-19-16-5-1-3-13(16)9-14-4-2-6-17(14)19;21-20(22,23)32-13-9-27-18(31-10-13)16(8-24-27)33(29,30)26-19(28)25-17-14-5-1-3-11(14)7-12-4-2-6-15(12)17;21-19(22)31-13-9-26-18(30-10-13)16(8-23-26)32(28,29)25-20(27)24-17-14-5-1-3-11(14)7-12-4-2-6-15(12)17;1-29-20(21)10-25-18(30-11-20)16(9-22-25)31(27,28)24-19(26)23-17-14-6-2-4-12(14)8-13-5-3-7-15(13)17/h9-10,15H,1-8,11-12,22H2,(H2,24,25,27);7-8,13H,1-6,9-10H2,(H2,25,26,28);7-8,13,19H,1-6,9-10H2,(H2,24,25,27);8-9H,2-7,10-11H2,1H3,(H2,23,24,26). The molecule has 4 aromatic carbocycles. The summed E-state index contributed by atoms with van der Waals surface area (Å²) in [5.41, 5.74) is 26.9. The average molecular weight is 1870 g/mol. The topological polar surface area (TPSA) is 472 Å².